The molecule has 3 heteroatoms. The summed E-state index contributed by atoms with van der Waals surface area (Å²) in [6.45, 7) is 0.530. The summed E-state index contributed by atoms with van der Waals surface area (Å²) in [6.07, 6.45) is 22.1. The molecular formula is C25H40O3. The molecule has 3 nitrogen and oxygen atoms in total. The molecule has 4 rings (SSSR count). The van der Waals surface area contributed by atoms with Gasteiger partial charge in [0.25, 0.3) is 0 Å². The molecule has 3 fully saturated rings. The number of carbonyl (C=O) groups is 1. The van der Waals surface area contributed by atoms with Crippen LogP contribution in [0.25, 0.3) is 0 Å². The summed E-state index contributed by atoms with van der Waals surface area (Å²) in [4.78, 5) is 12.4. The van der Waals surface area contributed by atoms with Crippen LogP contribution in [-0.2, 0) is 9.53 Å². The van der Waals surface area contributed by atoms with E-state index >= 15 is 0 Å². The summed E-state index contributed by atoms with van der Waals surface area (Å²) < 4.78 is 5.63. The zero-order chi connectivity index (χ0) is 19.4. The molecule has 0 aliphatic heterocycles. The number of carbonyl (C=O) groups excluding carboxylic acids is 1. The average molecular weight is 389 g/mol. The average Bonchev–Trinajstić information content (AvgIpc) is 3.38. The highest BCUT2D eigenvalue weighted by molar-refractivity contribution is 5.74. The van der Waals surface area contributed by atoms with Crippen LogP contribution in [0.3, 0.4) is 0 Å². The number of ether oxygens (including phenoxy) is 1. The van der Waals surface area contributed by atoms with Crippen LogP contribution < -0.4 is 0 Å². The van der Waals surface area contributed by atoms with Gasteiger partial charge in [0.15, 0.2) is 0 Å². The van der Waals surface area contributed by atoms with Gasteiger partial charge in [0.2, 0.25) is 0 Å². The Balaban J connectivity index is 1.23. The summed E-state index contributed by atoms with van der Waals surface area (Å²) in [5, 5.41) is 11.8. The van der Waals surface area contributed by atoms with Gasteiger partial charge < -0.3 is 9.84 Å². The minimum atomic E-state index is -0.472. The fourth-order valence-electron chi connectivity index (χ4n) is 6.79. The van der Waals surface area contributed by atoms with Crippen LogP contribution in [-0.4, -0.2) is 23.3 Å². The van der Waals surface area contributed by atoms with Gasteiger partial charge in [-0.2, -0.15) is 0 Å². The van der Waals surface area contributed by atoms with Crippen LogP contribution in [0.4, 0.5) is 0 Å². The molecular weight excluding hydrogens is 348 g/mol. The van der Waals surface area contributed by atoms with E-state index < -0.39 is 5.60 Å². The molecule has 3 atom stereocenters. The lowest BCUT2D eigenvalue weighted by Crippen LogP contribution is -2.46. The van der Waals surface area contributed by atoms with Crippen molar-refractivity contribution in [2.24, 2.45) is 29.6 Å². The largest absolute Gasteiger partial charge is 0.465 e. The lowest BCUT2D eigenvalue weighted by molar-refractivity contribution is -0.149. The fourth-order valence-corrected chi connectivity index (χ4v) is 6.79. The van der Waals surface area contributed by atoms with Crippen LogP contribution >= 0.6 is 0 Å². The van der Waals surface area contributed by atoms with Crippen LogP contribution in [0, 0.1) is 29.6 Å². The predicted octanol–water partition coefficient (Wildman–Crippen LogP) is 5.80. The van der Waals surface area contributed by atoms with Gasteiger partial charge in [-0.15, -0.1) is 0 Å². The summed E-state index contributed by atoms with van der Waals surface area (Å²) in [7, 11) is 0. The van der Waals surface area contributed by atoms with Gasteiger partial charge in [-0.3, -0.25) is 4.79 Å². The van der Waals surface area contributed by atoms with Gasteiger partial charge in [0.1, 0.15) is 0 Å². The number of hydrogen-bond donors (Lipinski definition) is 1. The van der Waals surface area contributed by atoms with E-state index in [1.807, 2.05) is 0 Å². The molecule has 158 valence electrons. The van der Waals surface area contributed by atoms with Crippen LogP contribution in [0.2, 0.25) is 0 Å². The van der Waals surface area contributed by atoms with Gasteiger partial charge in [0, 0.05) is 0 Å². The van der Waals surface area contributed by atoms with E-state index in [4.69, 9.17) is 4.74 Å². The molecule has 3 saturated carbocycles. The number of aliphatic hydroxyl groups is 1. The highest BCUT2D eigenvalue weighted by atomic mass is 16.5. The molecule has 0 aromatic carbocycles. The molecule has 4 aliphatic carbocycles. The molecule has 0 saturated heterocycles. The predicted molar refractivity (Wildman–Crippen MR) is 112 cm³/mol. The minimum Gasteiger partial charge on any atom is -0.465 e. The van der Waals surface area contributed by atoms with E-state index in [1.165, 1.54) is 64.2 Å². The second-order valence-electron chi connectivity index (χ2n) is 10.2. The van der Waals surface area contributed by atoms with E-state index in [0.717, 1.165) is 32.1 Å². The Bertz CT molecular complexity index is 524. The van der Waals surface area contributed by atoms with Crippen molar-refractivity contribution in [2.75, 3.05) is 6.61 Å². The van der Waals surface area contributed by atoms with Crippen molar-refractivity contribution >= 4 is 5.97 Å². The number of esters is 1. The zero-order valence-corrected chi connectivity index (χ0v) is 17.6. The first-order valence-corrected chi connectivity index (χ1v) is 12.2. The lowest BCUT2D eigenvalue weighted by atomic mass is 9.64. The fraction of sp³-hybridized carbons (Fsp3) is 0.880. The Hall–Kier alpha value is -0.830. The highest BCUT2D eigenvalue weighted by Gasteiger charge is 2.43. The first-order valence-electron chi connectivity index (χ1n) is 12.2. The summed E-state index contributed by atoms with van der Waals surface area (Å²) in [5.41, 5.74) is -0.472. The van der Waals surface area contributed by atoms with E-state index in [0.29, 0.717) is 30.3 Å². The molecule has 0 aromatic rings. The topological polar surface area (TPSA) is 46.5 Å². The van der Waals surface area contributed by atoms with Gasteiger partial charge in [0.05, 0.1) is 18.1 Å². The summed E-state index contributed by atoms with van der Waals surface area (Å²) in [5.74, 6) is 2.16. The number of rotatable bonds is 8. The molecule has 3 unspecified atom stereocenters. The molecule has 1 N–H and O–H groups in total. The second kappa shape index (κ2) is 9.32. The van der Waals surface area contributed by atoms with Gasteiger partial charge in [-0.05, 0) is 81.5 Å². The molecule has 4 aliphatic rings. The molecule has 0 radical (unpaired) electrons. The molecule has 0 spiro atoms. The number of fused-ring (bicyclic) bond motifs is 2. The molecule has 28 heavy (non-hydrogen) atoms. The SMILES string of the molecule is O=C(OCCCCC(O)(C1CCCCC1)C1CCCCC1)C1CC2C=CC1C2. The number of allylic oxidation sites excluding steroid dienone is 2. The van der Waals surface area contributed by atoms with Crippen molar-refractivity contribution in [3.63, 3.8) is 0 Å². The quantitative estimate of drug-likeness (QED) is 0.324. The van der Waals surface area contributed by atoms with E-state index in [9.17, 15) is 9.90 Å². The Morgan fingerprint density at radius 1 is 0.893 bits per heavy atom. The zero-order valence-electron chi connectivity index (χ0n) is 17.6. The van der Waals surface area contributed by atoms with Crippen molar-refractivity contribution in [1.82, 2.24) is 0 Å². The van der Waals surface area contributed by atoms with E-state index in [2.05, 4.69) is 12.2 Å². The molecule has 2 bridgehead atoms. The Morgan fingerprint density at radius 3 is 2.07 bits per heavy atom. The standard InChI is InChI=1S/C25H40O3/c26-24(23-18-19-13-14-20(23)17-19)28-16-8-7-15-25(27,21-9-3-1-4-10-21)22-11-5-2-6-12-22/h13-14,19-23,27H,1-12,15-18H2. The van der Waals surface area contributed by atoms with Crippen molar-refractivity contribution in [3.8, 4) is 0 Å². The van der Waals surface area contributed by atoms with Crippen molar-refractivity contribution in [1.29, 1.82) is 0 Å². The van der Waals surface area contributed by atoms with Gasteiger partial charge in [-0.25, -0.2) is 0 Å². The van der Waals surface area contributed by atoms with Crippen LogP contribution in [0.1, 0.15) is 96.3 Å². The van der Waals surface area contributed by atoms with E-state index in [1.54, 1.807) is 0 Å². The Morgan fingerprint density at radius 2 is 1.54 bits per heavy atom. The third kappa shape index (κ3) is 4.50. The van der Waals surface area contributed by atoms with Crippen molar-refractivity contribution in [3.05, 3.63) is 12.2 Å². The number of hydrogen-bond acceptors (Lipinski definition) is 3. The van der Waals surface area contributed by atoms with Gasteiger partial charge in [-0.1, -0.05) is 50.7 Å². The third-order valence-electron chi connectivity index (χ3n) is 8.42. The lowest BCUT2D eigenvalue weighted by Gasteiger charge is -2.46. The maximum atomic E-state index is 12.4. The Labute approximate surface area is 171 Å². The molecule has 0 amide bonds. The Kier molecular flexibility index (Phi) is 6.81. The maximum absolute atomic E-state index is 12.4. The number of unbranched alkanes of at least 4 members (excludes halogenated alkanes) is 1. The second-order valence-corrected chi connectivity index (χ2v) is 10.2. The normalized spacial score (nSPS) is 31.4. The molecule has 0 heterocycles. The van der Waals surface area contributed by atoms with Crippen LogP contribution in [0.5, 0.6) is 0 Å². The van der Waals surface area contributed by atoms with Crippen LogP contribution in [0.15, 0.2) is 12.2 Å². The van der Waals surface area contributed by atoms with Crippen molar-refractivity contribution < 1.29 is 14.6 Å². The monoisotopic (exact) mass is 388 g/mol. The first-order chi connectivity index (χ1) is 13.7. The minimum absolute atomic E-state index is 0.0201. The van der Waals surface area contributed by atoms with Crippen molar-refractivity contribution in [2.45, 2.75) is 102 Å². The van der Waals surface area contributed by atoms with Gasteiger partial charge >= 0.3 is 5.97 Å². The highest BCUT2D eigenvalue weighted by Crippen LogP contribution is 2.46. The third-order valence-corrected chi connectivity index (χ3v) is 8.42. The smallest absolute Gasteiger partial charge is 0.309 e. The first kappa shape index (κ1) is 20.4. The van der Waals surface area contributed by atoms with E-state index in [-0.39, 0.29) is 11.9 Å². The molecule has 0 aromatic heterocycles. The maximum Gasteiger partial charge on any atom is 0.309 e. The summed E-state index contributed by atoms with van der Waals surface area (Å²) >= 11 is 0. The summed E-state index contributed by atoms with van der Waals surface area (Å²) in [6, 6.07) is 0.